The Labute approximate surface area is 150 Å². The van der Waals surface area contributed by atoms with Gasteiger partial charge in [-0.25, -0.2) is 0 Å². The van der Waals surface area contributed by atoms with Crippen LogP contribution < -0.4 is 5.32 Å². The normalized spacial score (nSPS) is 11.7. The van der Waals surface area contributed by atoms with Gasteiger partial charge >= 0.3 is 0 Å². The van der Waals surface area contributed by atoms with Crippen LogP contribution in [0.15, 0.2) is 36.4 Å². The molecule has 0 saturated heterocycles. The summed E-state index contributed by atoms with van der Waals surface area (Å²) in [5, 5.41) is 5.32. The van der Waals surface area contributed by atoms with Crippen LogP contribution in [0.1, 0.15) is 48.9 Å². The fraction of sp³-hybridized carbons (Fsp3) is 0.400. The van der Waals surface area contributed by atoms with E-state index in [2.05, 4.69) is 55.6 Å². The number of benzene rings is 2. The zero-order valence-electron chi connectivity index (χ0n) is 14.3. The average molecular weight is 350 g/mol. The highest BCUT2D eigenvalue weighted by Gasteiger charge is 2.33. The zero-order valence-corrected chi connectivity index (χ0v) is 15.9. The van der Waals surface area contributed by atoms with Crippen molar-refractivity contribution in [1.82, 2.24) is 5.32 Å². The van der Waals surface area contributed by atoms with E-state index in [4.69, 9.17) is 23.2 Å². The largest absolute Gasteiger partial charge is 0.304 e. The monoisotopic (exact) mass is 349 g/mol. The lowest BCUT2D eigenvalue weighted by atomic mass is 9.78. The summed E-state index contributed by atoms with van der Waals surface area (Å²) in [6.45, 7) is 9.28. The second-order valence-electron chi connectivity index (χ2n) is 6.11. The Morgan fingerprint density at radius 1 is 0.870 bits per heavy atom. The fourth-order valence-electron chi connectivity index (χ4n) is 3.14. The molecule has 1 N–H and O–H groups in total. The minimum absolute atomic E-state index is 0.266. The maximum Gasteiger partial charge on any atom is 0.0691 e. The van der Waals surface area contributed by atoms with Crippen molar-refractivity contribution in [3.05, 3.63) is 68.7 Å². The van der Waals surface area contributed by atoms with E-state index in [9.17, 15) is 0 Å². The Morgan fingerprint density at radius 3 is 1.70 bits per heavy atom. The van der Waals surface area contributed by atoms with Gasteiger partial charge in [0.1, 0.15) is 0 Å². The van der Waals surface area contributed by atoms with Crippen LogP contribution in [-0.2, 0) is 5.54 Å². The fourth-order valence-corrected chi connectivity index (χ4v) is 3.50. The average Bonchev–Trinajstić information content (AvgIpc) is 2.52. The lowest BCUT2D eigenvalue weighted by Gasteiger charge is -2.36. The van der Waals surface area contributed by atoms with Crippen molar-refractivity contribution < 1.29 is 0 Å². The van der Waals surface area contributed by atoms with Gasteiger partial charge in [-0.3, -0.25) is 0 Å². The second-order valence-corrected chi connectivity index (χ2v) is 6.93. The maximum atomic E-state index is 6.41. The zero-order chi connectivity index (χ0) is 17.0. The summed E-state index contributed by atoms with van der Waals surface area (Å²) in [5.41, 5.74) is 4.31. The summed E-state index contributed by atoms with van der Waals surface area (Å²) in [5.74, 6) is 0. The van der Waals surface area contributed by atoms with Crippen molar-refractivity contribution in [1.29, 1.82) is 0 Å². The van der Waals surface area contributed by atoms with Crippen LogP contribution in [0.2, 0.25) is 10.0 Å². The number of nitrogens with one attached hydrogen (secondary N) is 1. The predicted octanol–water partition coefficient (Wildman–Crippen LogP) is 6.26. The summed E-state index contributed by atoms with van der Waals surface area (Å²) in [7, 11) is 0. The minimum Gasteiger partial charge on any atom is -0.304 e. The Balaban J connectivity index is 2.66. The Morgan fingerprint density at radius 2 is 1.35 bits per heavy atom. The molecule has 0 bridgehead atoms. The maximum absolute atomic E-state index is 6.41. The highest BCUT2D eigenvalue weighted by molar-refractivity contribution is 6.31. The van der Waals surface area contributed by atoms with Crippen molar-refractivity contribution in [3.63, 3.8) is 0 Å². The van der Waals surface area contributed by atoms with Crippen molar-refractivity contribution in [2.24, 2.45) is 0 Å². The molecule has 124 valence electrons. The van der Waals surface area contributed by atoms with Crippen LogP contribution in [0.4, 0.5) is 0 Å². The second kappa shape index (κ2) is 7.70. The van der Waals surface area contributed by atoms with Gasteiger partial charge in [0, 0.05) is 10.0 Å². The molecule has 2 aromatic rings. The molecule has 0 aliphatic heterocycles. The van der Waals surface area contributed by atoms with Crippen LogP contribution in [0.3, 0.4) is 0 Å². The Kier molecular flexibility index (Phi) is 6.13. The summed E-state index contributed by atoms with van der Waals surface area (Å²) in [4.78, 5) is 0. The van der Waals surface area contributed by atoms with Gasteiger partial charge in [0.15, 0.2) is 0 Å². The molecule has 2 aromatic carbocycles. The molecule has 3 heteroatoms. The molecule has 1 nitrogen and oxygen atoms in total. The van der Waals surface area contributed by atoms with E-state index in [1.807, 2.05) is 13.8 Å². The molecular weight excluding hydrogens is 325 g/mol. The summed E-state index contributed by atoms with van der Waals surface area (Å²) in [6, 6.07) is 12.7. The third kappa shape index (κ3) is 3.74. The summed E-state index contributed by atoms with van der Waals surface area (Å²) in [6.07, 6.45) is 2.05. The van der Waals surface area contributed by atoms with Gasteiger partial charge in [0.05, 0.1) is 5.54 Å². The van der Waals surface area contributed by atoms with Gasteiger partial charge in [-0.15, -0.1) is 0 Å². The van der Waals surface area contributed by atoms with E-state index >= 15 is 0 Å². The van der Waals surface area contributed by atoms with Gasteiger partial charge < -0.3 is 5.32 Å². The van der Waals surface area contributed by atoms with Crippen LogP contribution in [0.25, 0.3) is 0 Å². The van der Waals surface area contributed by atoms with Crippen molar-refractivity contribution in [2.75, 3.05) is 6.54 Å². The molecule has 0 spiro atoms. The van der Waals surface area contributed by atoms with E-state index in [-0.39, 0.29) is 5.54 Å². The number of hydrogen-bond acceptors (Lipinski definition) is 1. The molecule has 0 unspecified atom stereocenters. The molecule has 0 saturated carbocycles. The highest BCUT2D eigenvalue weighted by Crippen LogP contribution is 2.37. The van der Waals surface area contributed by atoms with E-state index in [0.717, 1.165) is 40.6 Å². The van der Waals surface area contributed by atoms with Gasteiger partial charge in [0.2, 0.25) is 0 Å². The molecule has 0 heterocycles. The quantitative estimate of drug-likeness (QED) is 0.648. The lowest BCUT2D eigenvalue weighted by Crippen LogP contribution is -2.43. The first kappa shape index (κ1) is 18.3. The molecule has 0 fully saturated rings. The molecule has 2 rings (SSSR count). The standard InChI is InChI=1S/C20H25Cl2N/c1-5-11-20(23-6-2,16-9-7-14(3)18(21)12-16)17-10-8-15(4)19(22)13-17/h7-10,12-13,23H,5-6,11H2,1-4H3. The van der Waals surface area contributed by atoms with Crippen LogP contribution in [0.5, 0.6) is 0 Å². The van der Waals surface area contributed by atoms with E-state index in [1.165, 1.54) is 11.1 Å². The van der Waals surface area contributed by atoms with Crippen LogP contribution >= 0.6 is 23.2 Å². The smallest absolute Gasteiger partial charge is 0.0691 e. The van der Waals surface area contributed by atoms with E-state index in [1.54, 1.807) is 0 Å². The summed E-state index contributed by atoms with van der Waals surface area (Å²) < 4.78 is 0. The number of halogens is 2. The van der Waals surface area contributed by atoms with Crippen LogP contribution in [0, 0.1) is 13.8 Å². The Hall–Kier alpha value is -1.02. The van der Waals surface area contributed by atoms with Crippen molar-refractivity contribution in [3.8, 4) is 0 Å². The molecule has 0 aliphatic rings. The third-order valence-corrected chi connectivity index (χ3v) is 5.25. The van der Waals surface area contributed by atoms with Crippen LogP contribution in [-0.4, -0.2) is 6.54 Å². The van der Waals surface area contributed by atoms with Gasteiger partial charge in [0.25, 0.3) is 0 Å². The molecule has 0 radical (unpaired) electrons. The Bertz CT molecular complexity index is 620. The third-order valence-electron chi connectivity index (χ3n) is 4.43. The molecular formula is C20H25Cl2N. The van der Waals surface area contributed by atoms with E-state index < -0.39 is 0 Å². The summed E-state index contributed by atoms with van der Waals surface area (Å²) >= 11 is 12.8. The number of aryl methyl sites for hydroxylation is 2. The van der Waals surface area contributed by atoms with Gasteiger partial charge in [-0.1, -0.05) is 67.7 Å². The van der Waals surface area contributed by atoms with Crippen molar-refractivity contribution >= 4 is 23.2 Å². The highest BCUT2D eigenvalue weighted by atomic mass is 35.5. The predicted molar refractivity (Wildman–Crippen MR) is 102 cm³/mol. The molecule has 0 aliphatic carbocycles. The van der Waals surface area contributed by atoms with Gasteiger partial charge in [-0.2, -0.15) is 0 Å². The lowest BCUT2D eigenvalue weighted by molar-refractivity contribution is 0.377. The molecule has 23 heavy (non-hydrogen) atoms. The van der Waals surface area contributed by atoms with Crippen molar-refractivity contribution in [2.45, 2.75) is 46.1 Å². The first-order valence-corrected chi connectivity index (χ1v) is 8.98. The topological polar surface area (TPSA) is 12.0 Å². The number of rotatable bonds is 6. The molecule has 0 atom stereocenters. The molecule has 0 amide bonds. The van der Waals surface area contributed by atoms with Gasteiger partial charge in [-0.05, 0) is 61.2 Å². The molecule has 0 aromatic heterocycles. The SMILES string of the molecule is CCCC(NCC)(c1ccc(C)c(Cl)c1)c1ccc(C)c(Cl)c1. The first-order chi connectivity index (χ1) is 10.9. The first-order valence-electron chi connectivity index (χ1n) is 8.23. The number of hydrogen-bond donors (Lipinski definition) is 1. The van der Waals surface area contributed by atoms with E-state index in [0.29, 0.717) is 0 Å². The minimum atomic E-state index is -0.266.